The van der Waals surface area contributed by atoms with Crippen molar-refractivity contribution in [1.29, 1.82) is 0 Å². The number of carbonyl (C=O) groups excluding carboxylic acids is 1. The van der Waals surface area contributed by atoms with Gasteiger partial charge in [0, 0.05) is 23.1 Å². The summed E-state index contributed by atoms with van der Waals surface area (Å²) >= 11 is 3.30. The summed E-state index contributed by atoms with van der Waals surface area (Å²) in [5.41, 5.74) is 2.09. The maximum absolute atomic E-state index is 12.3. The molecule has 0 unspecified atom stereocenters. The van der Waals surface area contributed by atoms with Gasteiger partial charge in [-0.05, 0) is 55.3 Å². The number of hydrogen-bond donors (Lipinski definition) is 2. The van der Waals surface area contributed by atoms with Crippen LogP contribution in [0.2, 0.25) is 0 Å². The molecule has 2 aromatic carbocycles. The van der Waals surface area contributed by atoms with E-state index >= 15 is 0 Å². The molecule has 0 radical (unpaired) electrons. The fourth-order valence-electron chi connectivity index (χ4n) is 2.14. The summed E-state index contributed by atoms with van der Waals surface area (Å²) in [5.74, 6) is -0.242. The predicted molar refractivity (Wildman–Crippen MR) is 97.6 cm³/mol. The first-order valence-corrected chi connectivity index (χ1v) is 9.68. The van der Waals surface area contributed by atoms with E-state index in [1.165, 1.54) is 0 Å². The van der Waals surface area contributed by atoms with Gasteiger partial charge in [0.25, 0.3) is 5.91 Å². The third-order valence-electron chi connectivity index (χ3n) is 3.44. The smallest absolute Gasteiger partial charge is 0.251 e. The molecule has 5 nitrogen and oxygen atoms in total. The molecule has 0 saturated heterocycles. The van der Waals surface area contributed by atoms with Crippen molar-refractivity contribution in [2.24, 2.45) is 0 Å². The molecule has 2 aromatic rings. The largest absolute Gasteiger partial charge is 0.351 e. The molecule has 0 aromatic heterocycles. The van der Waals surface area contributed by atoms with Gasteiger partial charge in [0.15, 0.2) is 0 Å². The lowest BCUT2D eigenvalue weighted by atomic mass is 10.2. The van der Waals surface area contributed by atoms with Gasteiger partial charge in [0.05, 0.1) is 4.90 Å². The Kier molecular flexibility index (Phi) is 6.15. The van der Waals surface area contributed by atoms with Gasteiger partial charge in [0.1, 0.15) is 0 Å². The molecule has 0 spiro atoms. The van der Waals surface area contributed by atoms with Crippen molar-refractivity contribution in [1.82, 2.24) is 10.0 Å². The highest BCUT2D eigenvalue weighted by Gasteiger charge is 2.16. The molecule has 0 bridgehead atoms. The zero-order valence-corrected chi connectivity index (χ0v) is 15.9. The van der Waals surface area contributed by atoms with Crippen molar-refractivity contribution in [3.8, 4) is 0 Å². The highest BCUT2D eigenvalue weighted by molar-refractivity contribution is 9.10. The second kappa shape index (κ2) is 7.92. The molecule has 7 heteroatoms. The van der Waals surface area contributed by atoms with Crippen molar-refractivity contribution in [2.45, 2.75) is 18.7 Å². The van der Waals surface area contributed by atoms with Crippen molar-refractivity contribution in [2.75, 3.05) is 13.1 Å². The topological polar surface area (TPSA) is 75.3 Å². The second-order valence-electron chi connectivity index (χ2n) is 5.43. The molecule has 0 saturated carbocycles. The second-order valence-corrected chi connectivity index (χ2v) is 8.08. The van der Waals surface area contributed by atoms with Gasteiger partial charge < -0.3 is 5.32 Å². The minimum Gasteiger partial charge on any atom is -0.351 e. The summed E-state index contributed by atoms with van der Waals surface area (Å²) in [5, 5.41) is 2.69. The van der Waals surface area contributed by atoms with Gasteiger partial charge in [-0.1, -0.05) is 28.1 Å². The highest BCUT2D eigenvalue weighted by atomic mass is 79.9. The van der Waals surface area contributed by atoms with Crippen molar-refractivity contribution in [3.63, 3.8) is 0 Å². The number of rotatable bonds is 6. The Bertz CT molecular complexity index is 833. The third kappa shape index (κ3) is 4.90. The fourth-order valence-corrected chi connectivity index (χ4v) is 3.76. The molecule has 24 heavy (non-hydrogen) atoms. The summed E-state index contributed by atoms with van der Waals surface area (Å²) < 4.78 is 28.1. The van der Waals surface area contributed by atoms with E-state index in [1.807, 2.05) is 13.0 Å². The number of carbonyl (C=O) groups is 1. The first kappa shape index (κ1) is 18.6. The molecule has 0 aliphatic rings. The minimum atomic E-state index is -3.59. The van der Waals surface area contributed by atoms with Crippen LogP contribution in [0, 0.1) is 13.8 Å². The van der Waals surface area contributed by atoms with Crippen LogP contribution in [-0.4, -0.2) is 27.4 Å². The molecule has 128 valence electrons. The Labute approximate surface area is 150 Å². The van der Waals surface area contributed by atoms with Crippen LogP contribution in [0.25, 0.3) is 0 Å². The summed E-state index contributed by atoms with van der Waals surface area (Å²) in [6, 6.07) is 12.2. The summed E-state index contributed by atoms with van der Waals surface area (Å²) in [6.45, 7) is 3.93. The molecule has 0 aliphatic heterocycles. The van der Waals surface area contributed by atoms with E-state index in [0.29, 0.717) is 11.1 Å². The number of amides is 1. The molecule has 0 heterocycles. The van der Waals surface area contributed by atoms with E-state index in [0.717, 1.165) is 10.0 Å². The van der Waals surface area contributed by atoms with Gasteiger partial charge in [0.2, 0.25) is 10.0 Å². The molecular formula is C17H19BrN2O3S. The van der Waals surface area contributed by atoms with Gasteiger partial charge in [-0.15, -0.1) is 0 Å². The van der Waals surface area contributed by atoms with E-state index in [-0.39, 0.29) is 23.9 Å². The standard InChI is InChI=1S/C17H19BrN2O3S/c1-12-3-4-13(2)16(11-12)24(22,23)20-10-9-19-17(21)14-5-7-15(18)8-6-14/h3-8,11,20H,9-10H2,1-2H3,(H,19,21). The molecule has 0 fully saturated rings. The molecule has 1 amide bonds. The lowest BCUT2D eigenvalue weighted by Crippen LogP contribution is -2.35. The predicted octanol–water partition coefficient (Wildman–Crippen LogP) is 2.77. The highest BCUT2D eigenvalue weighted by Crippen LogP contribution is 2.16. The van der Waals surface area contributed by atoms with E-state index in [9.17, 15) is 13.2 Å². The number of halogens is 1. The van der Waals surface area contributed by atoms with Crippen molar-refractivity contribution >= 4 is 31.9 Å². The monoisotopic (exact) mass is 410 g/mol. The summed E-state index contributed by atoms with van der Waals surface area (Å²) in [7, 11) is -3.59. The first-order valence-electron chi connectivity index (χ1n) is 7.40. The molecule has 0 aliphatic carbocycles. The number of sulfonamides is 1. The van der Waals surface area contributed by atoms with E-state index in [4.69, 9.17) is 0 Å². The number of nitrogens with one attached hydrogen (secondary N) is 2. The Morgan fingerprint density at radius 2 is 1.71 bits per heavy atom. The molecule has 2 N–H and O–H groups in total. The average Bonchev–Trinajstić information content (AvgIpc) is 2.54. The maximum atomic E-state index is 12.3. The Morgan fingerprint density at radius 1 is 1.04 bits per heavy atom. The lowest BCUT2D eigenvalue weighted by molar-refractivity contribution is 0.0954. The summed E-state index contributed by atoms with van der Waals surface area (Å²) in [4.78, 5) is 12.2. The van der Waals surface area contributed by atoms with Gasteiger partial charge in [-0.25, -0.2) is 13.1 Å². The van der Waals surface area contributed by atoms with Crippen molar-refractivity contribution < 1.29 is 13.2 Å². The van der Waals surface area contributed by atoms with Gasteiger partial charge in [-0.2, -0.15) is 0 Å². The van der Waals surface area contributed by atoms with Crippen LogP contribution < -0.4 is 10.0 Å². The average molecular weight is 411 g/mol. The molecular weight excluding hydrogens is 392 g/mol. The van der Waals surface area contributed by atoms with Crippen LogP contribution >= 0.6 is 15.9 Å². The van der Waals surface area contributed by atoms with Crippen LogP contribution in [-0.2, 0) is 10.0 Å². The van der Waals surface area contributed by atoms with Gasteiger partial charge in [-0.3, -0.25) is 4.79 Å². The number of benzene rings is 2. The molecule has 0 atom stereocenters. The Morgan fingerprint density at radius 3 is 2.38 bits per heavy atom. The van der Waals surface area contributed by atoms with Crippen LogP contribution in [0.1, 0.15) is 21.5 Å². The normalized spacial score (nSPS) is 11.3. The van der Waals surface area contributed by atoms with E-state index in [1.54, 1.807) is 43.3 Å². The van der Waals surface area contributed by atoms with Crippen LogP contribution in [0.3, 0.4) is 0 Å². The SMILES string of the molecule is Cc1ccc(C)c(S(=O)(=O)NCCNC(=O)c2ccc(Br)cc2)c1. The molecule has 2 rings (SSSR count). The zero-order valence-electron chi connectivity index (χ0n) is 13.5. The summed E-state index contributed by atoms with van der Waals surface area (Å²) in [6.07, 6.45) is 0. The Hall–Kier alpha value is -1.70. The quantitative estimate of drug-likeness (QED) is 0.718. The third-order valence-corrected chi connectivity index (χ3v) is 5.57. The maximum Gasteiger partial charge on any atom is 0.251 e. The van der Waals surface area contributed by atoms with Crippen LogP contribution in [0.4, 0.5) is 0 Å². The minimum absolute atomic E-state index is 0.123. The van der Waals surface area contributed by atoms with Gasteiger partial charge >= 0.3 is 0 Å². The number of hydrogen-bond acceptors (Lipinski definition) is 3. The van der Waals surface area contributed by atoms with E-state index in [2.05, 4.69) is 26.0 Å². The van der Waals surface area contributed by atoms with Crippen LogP contribution in [0.5, 0.6) is 0 Å². The Balaban J connectivity index is 1.90. The number of aryl methyl sites for hydroxylation is 2. The lowest BCUT2D eigenvalue weighted by Gasteiger charge is -2.11. The first-order chi connectivity index (χ1) is 11.3. The van der Waals surface area contributed by atoms with E-state index < -0.39 is 10.0 Å². The van der Waals surface area contributed by atoms with Crippen LogP contribution in [0.15, 0.2) is 51.8 Å². The fraction of sp³-hybridized carbons (Fsp3) is 0.235. The van der Waals surface area contributed by atoms with Crippen molar-refractivity contribution in [3.05, 3.63) is 63.6 Å². The zero-order chi connectivity index (χ0) is 17.7.